The Morgan fingerprint density at radius 2 is 1.95 bits per heavy atom. The molecular weight excluding hydrogens is 594 g/mol. The first-order chi connectivity index (χ1) is 19.7. The van der Waals surface area contributed by atoms with Crippen LogP contribution in [0.5, 0.6) is 5.75 Å². The monoisotopic (exact) mass is 623 g/mol. The molecule has 0 radical (unpaired) electrons. The molecule has 1 aromatic heterocycles. The van der Waals surface area contributed by atoms with Gasteiger partial charge in [-0.15, -0.1) is 15.6 Å². The molecule has 226 valence electrons. The predicted octanol–water partition coefficient (Wildman–Crippen LogP) is 1.90. The fourth-order valence-corrected chi connectivity index (χ4v) is 4.90. The lowest BCUT2D eigenvalue weighted by Gasteiger charge is -2.50. The number of carbonyl (C=O) groups is 3. The van der Waals surface area contributed by atoms with Crippen LogP contribution in [0, 0.1) is 5.92 Å². The molecule has 1 aromatic carbocycles. The molecule has 0 saturated carbocycles. The van der Waals surface area contributed by atoms with E-state index < -0.39 is 64.4 Å². The van der Waals surface area contributed by atoms with Crippen LogP contribution in [0.2, 0.25) is 0 Å². The second kappa shape index (κ2) is 13.2. The molecule has 42 heavy (non-hydrogen) atoms. The Kier molecular flexibility index (Phi) is 10.2. The van der Waals surface area contributed by atoms with Crippen molar-refractivity contribution in [3.63, 3.8) is 0 Å². The van der Waals surface area contributed by atoms with Crippen molar-refractivity contribution in [3.05, 3.63) is 53.1 Å². The van der Waals surface area contributed by atoms with E-state index in [9.17, 15) is 27.9 Å². The van der Waals surface area contributed by atoms with Crippen molar-refractivity contribution in [2.45, 2.75) is 38.8 Å². The van der Waals surface area contributed by atoms with Crippen molar-refractivity contribution < 1.29 is 46.3 Å². The molecule has 0 spiro atoms. The Hall–Kier alpha value is -4.19. The topological polar surface area (TPSA) is 220 Å². The number of oxime groups is 1. The van der Waals surface area contributed by atoms with E-state index in [1.165, 1.54) is 19.2 Å². The lowest BCUT2D eigenvalue weighted by atomic mass is 9.74. The molecule has 17 heteroatoms. The highest BCUT2D eigenvalue weighted by Crippen LogP contribution is 2.40. The van der Waals surface area contributed by atoms with Gasteiger partial charge >= 0.3 is 16.4 Å². The third kappa shape index (κ3) is 7.75. The number of Topliss-reactive ketones (excluding diaryl/α,β-unsaturated/α-hetero) is 1. The normalized spacial score (nSPS) is 18.1. The van der Waals surface area contributed by atoms with Gasteiger partial charge in [-0.25, -0.2) is 9.78 Å². The number of aromatic nitrogens is 1. The van der Waals surface area contributed by atoms with E-state index in [0.717, 1.165) is 22.6 Å². The Balaban J connectivity index is 1.75. The van der Waals surface area contributed by atoms with Gasteiger partial charge in [0.2, 0.25) is 0 Å². The number of hydroxylamine groups is 2. The number of thiazole rings is 1. The number of amides is 1. The highest BCUT2D eigenvalue weighted by atomic mass is 32.3. The molecule has 2 heterocycles. The molecular formula is C25H29N5O10S2. The number of hydrogen-bond acceptors (Lipinski definition) is 13. The minimum atomic E-state index is -4.98. The number of benzene rings is 1. The summed E-state index contributed by atoms with van der Waals surface area (Å²) in [7, 11) is -3.32. The minimum absolute atomic E-state index is 0.0201. The van der Waals surface area contributed by atoms with Gasteiger partial charge in [0.05, 0.1) is 17.2 Å². The van der Waals surface area contributed by atoms with E-state index >= 15 is 0 Å². The van der Waals surface area contributed by atoms with Crippen molar-refractivity contribution in [1.82, 2.24) is 10.0 Å². The van der Waals surface area contributed by atoms with E-state index in [4.69, 9.17) is 19.9 Å². The summed E-state index contributed by atoms with van der Waals surface area (Å²) in [5.74, 6) is -3.80. The zero-order chi connectivity index (χ0) is 31.2. The highest BCUT2D eigenvalue weighted by Gasteiger charge is 2.57. The minimum Gasteiger partial charge on any atom is -0.489 e. The van der Waals surface area contributed by atoms with Crippen molar-refractivity contribution >= 4 is 56.0 Å². The second-order valence-corrected chi connectivity index (χ2v) is 11.3. The van der Waals surface area contributed by atoms with Gasteiger partial charge in [0.1, 0.15) is 18.1 Å². The Labute approximate surface area is 245 Å². The fourth-order valence-electron chi connectivity index (χ4n) is 3.90. The van der Waals surface area contributed by atoms with Crippen LogP contribution in [0.25, 0.3) is 0 Å². The van der Waals surface area contributed by atoms with Gasteiger partial charge in [-0.3, -0.25) is 19.1 Å². The van der Waals surface area contributed by atoms with Crippen LogP contribution in [0.15, 0.2) is 51.9 Å². The van der Waals surface area contributed by atoms with Gasteiger partial charge < -0.3 is 20.4 Å². The third-order valence-electron chi connectivity index (χ3n) is 6.12. The first-order valence-corrected chi connectivity index (χ1v) is 14.5. The molecule has 0 aliphatic carbocycles. The van der Waals surface area contributed by atoms with Crippen LogP contribution in [0.3, 0.4) is 0 Å². The highest BCUT2D eigenvalue weighted by molar-refractivity contribution is 7.80. The summed E-state index contributed by atoms with van der Waals surface area (Å²) in [6, 6.07) is 6.76. The van der Waals surface area contributed by atoms with Crippen LogP contribution in [-0.4, -0.2) is 82.5 Å². The number of aliphatic imine (C=N–C) groups is 1. The molecule has 1 amide bonds. The molecule has 1 fully saturated rings. The standard InChI is InChI=1S/C25H29N5O10S2/c1-5-6-17(27-4)14-7-9-15(10-8-14)38-12-20(23(33)34)39-29-21(18-13-41-24(26)28-18)19(31)11-16-22(32)30(25(16,2)3)40-42(35,36)37/h5-10,13,16,20H,11-12H2,1-4H3,(H2,26,28)(H,33,34)(H,35,36,37)/b6-5-,27-17?,29-21-/t16-,20+/m1/s1. The number of nitrogens with zero attached hydrogens (tertiary/aromatic N) is 4. The Bertz CT molecular complexity index is 1530. The number of carbonyl (C=O) groups excluding carboxylic acids is 2. The van der Waals surface area contributed by atoms with E-state index in [-0.39, 0.29) is 10.8 Å². The number of aliphatic carboxylic acids is 1. The predicted molar refractivity (Wildman–Crippen MR) is 151 cm³/mol. The first-order valence-electron chi connectivity index (χ1n) is 12.2. The fraction of sp³-hybridized carbons (Fsp3) is 0.360. The number of ether oxygens (including phenoxy) is 1. The number of carboxylic acids is 1. The summed E-state index contributed by atoms with van der Waals surface area (Å²) in [6.45, 7) is 4.24. The van der Waals surface area contributed by atoms with Crippen LogP contribution in [0.1, 0.15) is 38.4 Å². The zero-order valence-electron chi connectivity index (χ0n) is 23.0. The molecule has 0 bridgehead atoms. The summed E-state index contributed by atoms with van der Waals surface area (Å²) in [5, 5.41) is 15.3. The smallest absolute Gasteiger partial charge is 0.418 e. The van der Waals surface area contributed by atoms with Crippen molar-refractivity contribution in [3.8, 4) is 5.75 Å². The van der Waals surface area contributed by atoms with Crippen LogP contribution >= 0.6 is 11.3 Å². The number of ketones is 1. The molecule has 0 unspecified atom stereocenters. The van der Waals surface area contributed by atoms with Crippen LogP contribution in [-0.2, 0) is 33.9 Å². The molecule has 15 nitrogen and oxygen atoms in total. The lowest BCUT2D eigenvalue weighted by molar-refractivity contribution is -0.228. The van der Waals surface area contributed by atoms with E-state index in [0.29, 0.717) is 10.8 Å². The summed E-state index contributed by atoms with van der Waals surface area (Å²) < 4.78 is 40.9. The number of rotatable bonds is 14. The number of allylic oxidation sites excluding steroid dienone is 2. The molecule has 2 aromatic rings. The second-order valence-electron chi connectivity index (χ2n) is 9.36. The number of β-lactam (4-membered cyclic amide) rings is 1. The summed E-state index contributed by atoms with van der Waals surface area (Å²) in [4.78, 5) is 51.0. The van der Waals surface area contributed by atoms with Gasteiger partial charge in [-0.2, -0.15) is 13.5 Å². The summed E-state index contributed by atoms with van der Waals surface area (Å²) in [6.07, 6.45) is 1.55. The summed E-state index contributed by atoms with van der Waals surface area (Å²) >= 11 is 0.986. The zero-order valence-corrected chi connectivity index (χ0v) is 24.6. The SMILES string of the molecule is C/C=C\C(=NC)c1ccc(OC[C@H](O/N=C(\C(=O)C[C@@H]2C(=O)N(OS(=O)(=O)O)C2(C)C)c2csc(N)n2)C(=O)O)cc1. The quantitative estimate of drug-likeness (QED) is 0.119. The number of carboxylic acid groups (broad SMARTS) is 1. The lowest BCUT2D eigenvalue weighted by Crippen LogP contribution is -2.68. The number of nitrogen functional groups attached to an aromatic ring is 1. The molecule has 2 atom stereocenters. The average Bonchev–Trinajstić information content (AvgIpc) is 3.35. The van der Waals surface area contributed by atoms with Gasteiger partial charge in [-0.1, -0.05) is 11.2 Å². The van der Waals surface area contributed by atoms with Crippen LogP contribution < -0.4 is 10.5 Å². The molecule has 1 aliphatic rings. The maximum Gasteiger partial charge on any atom is 0.418 e. The average molecular weight is 624 g/mol. The van der Waals surface area contributed by atoms with Gasteiger partial charge in [0.15, 0.2) is 16.6 Å². The van der Waals surface area contributed by atoms with Crippen molar-refractivity contribution in [1.29, 1.82) is 0 Å². The van der Waals surface area contributed by atoms with Gasteiger partial charge in [0.25, 0.3) is 12.0 Å². The molecule has 1 saturated heterocycles. The molecule has 3 rings (SSSR count). The Morgan fingerprint density at radius 1 is 1.29 bits per heavy atom. The Morgan fingerprint density at radius 3 is 2.45 bits per heavy atom. The maximum absolute atomic E-state index is 13.2. The largest absolute Gasteiger partial charge is 0.489 e. The van der Waals surface area contributed by atoms with E-state index in [1.807, 2.05) is 19.1 Å². The van der Waals surface area contributed by atoms with Crippen molar-refractivity contribution in [2.75, 3.05) is 19.4 Å². The van der Waals surface area contributed by atoms with Crippen LogP contribution in [0.4, 0.5) is 5.13 Å². The van der Waals surface area contributed by atoms with Gasteiger partial charge in [-0.05, 0) is 56.7 Å². The van der Waals surface area contributed by atoms with E-state index in [1.54, 1.807) is 31.3 Å². The molecule has 4 N–H and O–H groups in total. The van der Waals surface area contributed by atoms with Crippen molar-refractivity contribution in [2.24, 2.45) is 16.1 Å². The third-order valence-corrected chi connectivity index (χ3v) is 7.14. The maximum atomic E-state index is 13.2. The summed E-state index contributed by atoms with van der Waals surface area (Å²) in [5.41, 5.74) is 5.52. The molecule has 1 aliphatic heterocycles. The number of nitrogens with two attached hydrogens (primary N) is 1. The van der Waals surface area contributed by atoms with Gasteiger partial charge in [0, 0.05) is 18.8 Å². The first kappa shape index (κ1) is 32.3. The number of hydrogen-bond donors (Lipinski definition) is 3. The van der Waals surface area contributed by atoms with E-state index in [2.05, 4.69) is 19.4 Å². The number of anilines is 1.